The zero-order valence-electron chi connectivity index (χ0n) is 19.3. The molecule has 3 heterocycles. The molecule has 0 unspecified atom stereocenters. The first-order chi connectivity index (χ1) is 15.7. The smallest absolute Gasteiger partial charge is 0.202 e. The third kappa shape index (κ3) is 4.32. The molecule has 1 saturated heterocycles. The molecule has 1 fully saturated rings. The van der Waals surface area contributed by atoms with Gasteiger partial charge in [-0.15, -0.1) is 11.8 Å². The first kappa shape index (κ1) is 23.5. The van der Waals surface area contributed by atoms with Crippen LogP contribution in [0.1, 0.15) is 50.8 Å². The van der Waals surface area contributed by atoms with Crippen molar-refractivity contribution in [1.82, 2.24) is 24.9 Å². The minimum Gasteiger partial charge on any atom is -0.355 e. The van der Waals surface area contributed by atoms with Crippen LogP contribution >= 0.6 is 34.4 Å². The van der Waals surface area contributed by atoms with E-state index in [1.54, 1.807) is 11.8 Å². The molecule has 2 aromatic heterocycles. The Hall–Kier alpha value is -1.24. The number of halogens is 1. The Bertz CT molecular complexity index is 1220. The third-order valence-corrected chi connectivity index (χ3v) is 9.93. The van der Waals surface area contributed by atoms with Crippen LogP contribution in [0.4, 0.5) is 5.82 Å². The van der Waals surface area contributed by atoms with Gasteiger partial charge in [-0.1, -0.05) is 6.07 Å². The van der Waals surface area contributed by atoms with Crippen molar-refractivity contribution in [2.75, 3.05) is 24.2 Å². The van der Waals surface area contributed by atoms with Crippen molar-refractivity contribution < 1.29 is 4.21 Å². The zero-order chi connectivity index (χ0) is 23.4. The lowest BCUT2D eigenvalue weighted by molar-refractivity contribution is 0.177. The second-order valence-corrected chi connectivity index (χ2v) is 13.9. The molecule has 0 saturated carbocycles. The van der Waals surface area contributed by atoms with E-state index < -0.39 is 11.0 Å². The number of thioether (sulfide) groups is 1. The maximum atomic E-state index is 13.2. The molecule has 2 N–H and O–H groups in total. The fraction of sp³-hybridized carbons (Fsp3) is 0.522. The van der Waals surface area contributed by atoms with E-state index in [-0.39, 0.29) is 16.2 Å². The molecule has 5 rings (SSSR count). The van der Waals surface area contributed by atoms with Crippen molar-refractivity contribution in [3.05, 3.63) is 39.2 Å². The molecule has 0 bridgehead atoms. The fourth-order valence-corrected chi connectivity index (χ4v) is 6.86. The number of anilines is 1. The first-order valence-corrected chi connectivity index (χ1v) is 14.6. The minimum absolute atomic E-state index is 0.0516. The maximum absolute atomic E-state index is 13.2. The Balaban J connectivity index is 1.42. The Labute approximate surface area is 215 Å². The summed E-state index contributed by atoms with van der Waals surface area (Å²) in [7, 11) is -1.13. The van der Waals surface area contributed by atoms with Crippen LogP contribution in [0, 0.1) is 9.12 Å². The highest BCUT2D eigenvalue weighted by Gasteiger charge is 2.49. The topological polar surface area (TPSA) is 86.8 Å². The molecule has 7 nitrogen and oxygen atoms in total. The van der Waals surface area contributed by atoms with Crippen LogP contribution in [-0.2, 0) is 17.4 Å². The summed E-state index contributed by atoms with van der Waals surface area (Å²) in [5.74, 6) is 0.878. The van der Waals surface area contributed by atoms with E-state index in [1.807, 2.05) is 27.0 Å². The molecule has 3 aromatic rings. The van der Waals surface area contributed by atoms with Crippen LogP contribution in [-0.4, -0.2) is 48.5 Å². The van der Waals surface area contributed by atoms with Gasteiger partial charge in [-0.2, -0.15) is 5.10 Å². The van der Waals surface area contributed by atoms with Crippen molar-refractivity contribution in [1.29, 1.82) is 0 Å². The zero-order valence-corrected chi connectivity index (χ0v) is 23.1. The average Bonchev–Trinajstić information content (AvgIpc) is 3.30. The lowest BCUT2D eigenvalue weighted by Crippen LogP contribution is -2.48. The summed E-state index contributed by atoms with van der Waals surface area (Å²) in [5.41, 5.74) is 4.24. The van der Waals surface area contributed by atoms with Gasteiger partial charge in [-0.05, 0) is 97.6 Å². The predicted molar refractivity (Wildman–Crippen MR) is 144 cm³/mol. The number of H-pyrrole nitrogens is 1. The Morgan fingerprint density at radius 1 is 1.30 bits per heavy atom. The van der Waals surface area contributed by atoms with Gasteiger partial charge >= 0.3 is 0 Å². The number of hydrogen-bond donors (Lipinski definition) is 2. The number of fused-ring (bicyclic) bond motifs is 2. The van der Waals surface area contributed by atoms with Crippen LogP contribution in [0.5, 0.6) is 0 Å². The second kappa shape index (κ2) is 8.76. The normalized spacial score (nSPS) is 21.0. The first-order valence-electron chi connectivity index (χ1n) is 11.2. The molecular weight excluding hydrogens is 567 g/mol. The monoisotopic (exact) mass is 596 g/mol. The second-order valence-electron chi connectivity index (χ2n) is 9.96. The molecule has 0 amide bonds. The summed E-state index contributed by atoms with van der Waals surface area (Å²) in [4.78, 5) is 12.9. The van der Waals surface area contributed by atoms with Gasteiger partial charge in [0.25, 0.3) is 0 Å². The van der Waals surface area contributed by atoms with Gasteiger partial charge in [0.1, 0.15) is 15.0 Å². The number of nitrogens with zero attached hydrogens (tertiary/aromatic N) is 4. The summed E-state index contributed by atoms with van der Waals surface area (Å²) < 4.78 is 17.3. The highest BCUT2D eigenvalue weighted by atomic mass is 127. The summed E-state index contributed by atoms with van der Waals surface area (Å²) in [5, 5.41) is 7.23. The lowest BCUT2D eigenvalue weighted by atomic mass is 9.73. The van der Waals surface area contributed by atoms with Gasteiger partial charge in [0.15, 0.2) is 0 Å². The molecule has 1 aromatic carbocycles. The van der Waals surface area contributed by atoms with E-state index in [2.05, 4.69) is 71.8 Å². The van der Waals surface area contributed by atoms with E-state index in [9.17, 15) is 4.21 Å². The van der Waals surface area contributed by atoms with Crippen LogP contribution < -0.4 is 9.62 Å². The number of hydrogen-bond acceptors (Lipinski definition) is 6. The maximum Gasteiger partial charge on any atom is 0.202 e. The van der Waals surface area contributed by atoms with Crippen LogP contribution in [0.2, 0.25) is 0 Å². The van der Waals surface area contributed by atoms with Crippen LogP contribution in [0.25, 0.3) is 11.2 Å². The quantitative estimate of drug-likeness (QED) is 0.338. The van der Waals surface area contributed by atoms with Crippen molar-refractivity contribution in [2.24, 2.45) is 5.41 Å². The largest absolute Gasteiger partial charge is 0.355 e. The van der Waals surface area contributed by atoms with Gasteiger partial charge < -0.3 is 4.90 Å². The predicted octanol–water partition coefficient (Wildman–Crippen LogP) is 4.62. The molecule has 0 radical (unpaired) electrons. The summed E-state index contributed by atoms with van der Waals surface area (Å²) in [6.07, 6.45) is 7.00. The Morgan fingerprint density at radius 3 is 2.76 bits per heavy atom. The van der Waals surface area contributed by atoms with Gasteiger partial charge in [0.05, 0.1) is 28.0 Å². The van der Waals surface area contributed by atoms with Crippen molar-refractivity contribution >= 4 is 62.3 Å². The highest BCUT2D eigenvalue weighted by Crippen LogP contribution is 2.53. The van der Waals surface area contributed by atoms with Crippen LogP contribution in [0.15, 0.2) is 29.3 Å². The number of piperidine rings is 1. The summed E-state index contributed by atoms with van der Waals surface area (Å²) in [6, 6.07) is 6.88. The average molecular weight is 597 g/mol. The van der Waals surface area contributed by atoms with E-state index in [4.69, 9.17) is 4.98 Å². The molecule has 2 aliphatic rings. The molecule has 1 aliphatic carbocycles. The lowest BCUT2D eigenvalue weighted by Gasteiger charge is -2.44. The number of benzene rings is 1. The van der Waals surface area contributed by atoms with Gasteiger partial charge in [0.2, 0.25) is 5.65 Å². The molecule has 33 heavy (non-hydrogen) atoms. The summed E-state index contributed by atoms with van der Waals surface area (Å²) in [6.45, 7) is 7.89. The van der Waals surface area contributed by atoms with Crippen molar-refractivity contribution in [2.45, 2.75) is 55.7 Å². The molecule has 2 atom stereocenters. The summed E-state index contributed by atoms with van der Waals surface area (Å²) >= 11 is 3.96. The number of aromatic amines is 1. The van der Waals surface area contributed by atoms with Crippen molar-refractivity contribution in [3.8, 4) is 0 Å². The molecule has 1 aliphatic heterocycles. The number of rotatable bonds is 4. The van der Waals surface area contributed by atoms with Gasteiger partial charge in [-0.25, -0.2) is 18.9 Å². The van der Waals surface area contributed by atoms with Gasteiger partial charge in [0, 0.05) is 18.0 Å². The fourth-order valence-electron chi connectivity index (χ4n) is 4.97. The molecule has 1 spiro atoms. The van der Waals surface area contributed by atoms with E-state index in [0.29, 0.717) is 5.65 Å². The standard InChI is InChI=1S/C23H29IN6OS2/c1-22(2,3)33(31)29-19-16-11-15(32-4)6-5-14(16)12-23(19)7-9-30(10-8-23)17-13-25-18-20(24)27-28-21(18)26-17/h5-6,11,13,19,29H,7-10,12H2,1-4H3,(H,26,27,28)/t19-,33-/m1/s1. The van der Waals surface area contributed by atoms with Crippen molar-refractivity contribution in [3.63, 3.8) is 0 Å². The van der Waals surface area contributed by atoms with E-state index in [1.165, 1.54) is 16.0 Å². The Morgan fingerprint density at radius 2 is 2.06 bits per heavy atom. The van der Waals surface area contributed by atoms with E-state index >= 15 is 0 Å². The SMILES string of the molecule is CSc1ccc2c(c1)[C@@H](N[S@](=O)C(C)(C)C)C1(CCN(c3cnc4c(I)[nH]nc4n3)CC1)C2. The molecule has 176 valence electrons. The number of nitrogens with one attached hydrogen (secondary N) is 2. The molecular formula is C23H29IN6OS2. The highest BCUT2D eigenvalue weighted by molar-refractivity contribution is 14.1. The minimum atomic E-state index is -1.13. The number of aromatic nitrogens is 4. The van der Waals surface area contributed by atoms with E-state index in [0.717, 1.165) is 47.4 Å². The third-order valence-electron chi connectivity index (χ3n) is 6.89. The van der Waals surface area contributed by atoms with Crippen LogP contribution in [0.3, 0.4) is 0 Å². The molecule has 10 heteroatoms. The Kier molecular flexibility index (Phi) is 6.24. The van der Waals surface area contributed by atoms with Gasteiger partial charge in [-0.3, -0.25) is 5.10 Å².